The van der Waals surface area contributed by atoms with Gasteiger partial charge >= 0.3 is 0 Å². The van der Waals surface area contributed by atoms with Gasteiger partial charge in [0.15, 0.2) is 0 Å². The number of benzene rings is 3. The predicted molar refractivity (Wildman–Crippen MR) is 139 cm³/mol. The molecule has 0 spiro atoms. The van der Waals surface area contributed by atoms with Crippen LogP contribution >= 0.6 is 15.9 Å². The van der Waals surface area contributed by atoms with Crippen LogP contribution in [0.3, 0.4) is 0 Å². The molecule has 1 saturated heterocycles. The van der Waals surface area contributed by atoms with Crippen molar-refractivity contribution in [2.75, 3.05) is 18.1 Å². The molecule has 0 aromatic heterocycles. The predicted octanol–water partition coefficient (Wildman–Crippen LogP) is 6.18. The highest BCUT2D eigenvalue weighted by Crippen LogP contribution is 2.43. The van der Waals surface area contributed by atoms with Crippen LogP contribution in [0.1, 0.15) is 36.6 Å². The van der Waals surface area contributed by atoms with E-state index in [4.69, 9.17) is 9.47 Å². The van der Waals surface area contributed by atoms with Crippen molar-refractivity contribution in [2.24, 2.45) is 0 Å². The minimum atomic E-state index is -0.812. The number of halogens is 1. The molecule has 4 rings (SSSR count). The van der Waals surface area contributed by atoms with E-state index in [9.17, 15) is 14.7 Å². The van der Waals surface area contributed by atoms with Crippen LogP contribution in [0, 0.1) is 6.92 Å². The molecule has 1 aliphatic heterocycles. The summed E-state index contributed by atoms with van der Waals surface area (Å²) in [6.07, 6.45) is 0. The van der Waals surface area contributed by atoms with Crippen LogP contribution in [0.2, 0.25) is 0 Å². The normalized spacial score (nSPS) is 17.0. The fourth-order valence-corrected chi connectivity index (χ4v) is 4.39. The average molecular weight is 536 g/mol. The molecule has 0 saturated carbocycles. The Morgan fingerprint density at radius 2 is 1.49 bits per heavy atom. The SMILES string of the molecule is CCOc1ccc(C2/C(=C(/O)c3ccc(Br)c(C)c3)C(=O)C(=O)N2c2ccc(OCC)cc2)cc1. The van der Waals surface area contributed by atoms with Gasteiger partial charge in [-0.15, -0.1) is 0 Å². The van der Waals surface area contributed by atoms with Gasteiger partial charge in [-0.1, -0.05) is 34.1 Å². The maximum atomic E-state index is 13.3. The molecule has 1 amide bonds. The smallest absolute Gasteiger partial charge is 0.300 e. The van der Waals surface area contributed by atoms with Gasteiger partial charge in [0.1, 0.15) is 17.3 Å². The lowest BCUT2D eigenvalue weighted by Gasteiger charge is -2.26. The maximum Gasteiger partial charge on any atom is 0.300 e. The van der Waals surface area contributed by atoms with Crippen molar-refractivity contribution in [2.45, 2.75) is 26.8 Å². The van der Waals surface area contributed by atoms with Crippen molar-refractivity contribution in [3.8, 4) is 11.5 Å². The van der Waals surface area contributed by atoms with Crippen molar-refractivity contribution in [3.05, 3.63) is 93.5 Å². The van der Waals surface area contributed by atoms with E-state index in [1.54, 1.807) is 54.6 Å². The fraction of sp³-hybridized carbons (Fsp3) is 0.214. The van der Waals surface area contributed by atoms with E-state index >= 15 is 0 Å². The number of carbonyl (C=O) groups excluding carboxylic acids is 2. The summed E-state index contributed by atoms with van der Waals surface area (Å²) in [7, 11) is 0. The third kappa shape index (κ3) is 4.82. The van der Waals surface area contributed by atoms with Crippen molar-refractivity contribution in [3.63, 3.8) is 0 Å². The molecule has 0 radical (unpaired) electrons. The number of amides is 1. The number of rotatable bonds is 7. The first-order valence-corrected chi connectivity index (χ1v) is 12.2. The van der Waals surface area contributed by atoms with Crippen LogP contribution in [-0.4, -0.2) is 30.0 Å². The molecule has 1 heterocycles. The summed E-state index contributed by atoms with van der Waals surface area (Å²) < 4.78 is 12.0. The van der Waals surface area contributed by atoms with Crippen LogP contribution in [-0.2, 0) is 9.59 Å². The van der Waals surface area contributed by atoms with Crippen molar-refractivity contribution in [1.82, 2.24) is 0 Å². The van der Waals surface area contributed by atoms with Gasteiger partial charge < -0.3 is 14.6 Å². The standard InChI is InChI=1S/C28H26BrNO5/c1-4-34-21-11-6-18(7-12-21)25-24(26(31)19-8-15-23(29)17(3)16-19)27(32)28(33)30(25)20-9-13-22(14-10-20)35-5-2/h6-16,25,31H,4-5H2,1-3H3/b26-24-. The quantitative estimate of drug-likeness (QED) is 0.222. The second kappa shape index (κ2) is 10.4. The number of aryl methyl sites for hydroxylation is 1. The first-order chi connectivity index (χ1) is 16.8. The fourth-order valence-electron chi connectivity index (χ4n) is 4.14. The molecule has 3 aromatic rings. The summed E-state index contributed by atoms with van der Waals surface area (Å²) in [4.78, 5) is 28.0. The second-order valence-corrected chi connectivity index (χ2v) is 8.92. The third-order valence-electron chi connectivity index (χ3n) is 5.81. The Bertz CT molecular complexity index is 1280. The highest BCUT2D eigenvalue weighted by molar-refractivity contribution is 9.10. The molecule has 3 aromatic carbocycles. The Hall–Kier alpha value is -3.58. The first-order valence-electron chi connectivity index (χ1n) is 11.4. The number of Topliss-reactive ketones (excluding diaryl/α,β-unsaturated/α-hetero) is 1. The Balaban J connectivity index is 1.87. The Morgan fingerprint density at radius 3 is 2.03 bits per heavy atom. The van der Waals surface area contributed by atoms with Gasteiger partial charge in [0.2, 0.25) is 0 Å². The summed E-state index contributed by atoms with van der Waals surface area (Å²) in [6.45, 7) is 6.72. The van der Waals surface area contributed by atoms with Gasteiger partial charge in [-0.05, 0) is 80.4 Å². The highest BCUT2D eigenvalue weighted by atomic mass is 79.9. The van der Waals surface area contributed by atoms with Crippen molar-refractivity contribution >= 4 is 39.1 Å². The van der Waals surface area contributed by atoms with Crippen LogP contribution in [0.5, 0.6) is 11.5 Å². The van der Waals surface area contributed by atoms with E-state index in [0.717, 1.165) is 10.0 Å². The third-order valence-corrected chi connectivity index (χ3v) is 6.70. The minimum absolute atomic E-state index is 0.0368. The lowest BCUT2D eigenvalue weighted by molar-refractivity contribution is -0.132. The second-order valence-electron chi connectivity index (χ2n) is 8.06. The number of hydrogen-bond donors (Lipinski definition) is 1. The maximum absolute atomic E-state index is 13.3. The molecule has 0 bridgehead atoms. The van der Waals surface area contributed by atoms with Crippen LogP contribution < -0.4 is 14.4 Å². The molecular weight excluding hydrogens is 510 g/mol. The summed E-state index contributed by atoms with van der Waals surface area (Å²) in [5.74, 6) is -0.320. The number of ether oxygens (including phenoxy) is 2. The zero-order valence-corrected chi connectivity index (χ0v) is 21.3. The Kier molecular flexibility index (Phi) is 7.26. The number of ketones is 1. The average Bonchev–Trinajstić information content (AvgIpc) is 3.12. The van der Waals surface area contributed by atoms with E-state index in [0.29, 0.717) is 41.5 Å². The van der Waals surface area contributed by atoms with E-state index in [2.05, 4.69) is 15.9 Å². The van der Waals surface area contributed by atoms with Gasteiger partial charge in [0.05, 0.1) is 24.8 Å². The van der Waals surface area contributed by atoms with Crippen molar-refractivity contribution in [1.29, 1.82) is 0 Å². The molecule has 1 N–H and O–H groups in total. The molecule has 1 fully saturated rings. The summed E-state index contributed by atoms with van der Waals surface area (Å²) in [5.41, 5.74) is 2.60. The minimum Gasteiger partial charge on any atom is -0.507 e. The lowest BCUT2D eigenvalue weighted by Crippen LogP contribution is -2.29. The number of aliphatic hydroxyl groups excluding tert-OH is 1. The van der Waals surface area contributed by atoms with Crippen molar-refractivity contribution < 1.29 is 24.2 Å². The van der Waals surface area contributed by atoms with Crippen LogP contribution in [0.25, 0.3) is 5.76 Å². The van der Waals surface area contributed by atoms with E-state index in [-0.39, 0.29) is 11.3 Å². The van der Waals surface area contributed by atoms with E-state index in [1.807, 2.05) is 32.9 Å². The van der Waals surface area contributed by atoms with Crippen LogP contribution in [0.4, 0.5) is 5.69 Å². The van der Waals surface area contributed by atoms with Gasteiger partial charge in [0, 0.05) is 15.7 Å². The van der Waals surface area contributed by atoms with Gasteiger partial charge in [0.25, 0.3) is 11.7 Å². The molecule has 35 heavy (non-hydrogen) atoms. The van der Waals surface area contributed by atoms with Gasteiger partial charge in [-0.25, -0.2) is 0 Å². The molecule has 6 nitrogen and oxygen atoms in total. The van der Waals surface area contributed by atoms with Gasteiger partial charge in [-0.3, -0.25) is 14.5 Å². The number of carbonyl (C=O) groups is 2. The number of anilines is 1. The summed E-state index contributed by atoms with van der Waals surface area (Å²) >= 11 is 3.46. The highest BCUT2D eigenvalue weighted by Gasteiger charge is 2.47. The number of nitrogens with zero attached hydrogens (tertiary/aromatic N) is 1. The number of aliphatic hydroxyl groups is 1. The van der Waals surface area contributed by atoms with E-state index in [1.165, 1.54) is 4.90 Å². The zero-order chi connectivity index (χ0) is 25.1. The molecule has 0 aliphatic carbocycles. The number of hydrogen-bond acceptors (Lipinski definition) is 5. The summed E-state index contributed by atoms with van der Waals surface area (Å²) in [6, 6.07) is 18.7. The molecule has 180 valence electrons. The zero-order valence-electron chi connectivity index (χ0n) is 19.7. The first kappa shape index (κ1) is 24.5. The summed E-state index contributed by atoms with van der Waals surface area (Å²) in [5, 5.41) is 11.3. The molecule has 7 heteroatoms. The molecule has 1 aliphatic rings. The monoisotopic (exact) mass is 535 g/mol. The van der Waals surface area contributed by atoms with Crippen LogP contribution in [0.15, 0.2) is 76.8 Å². The molecule has 1 atom stereocenters. The molecule has 1 unspecified atom stereocenters. The molecular formula is C28H26BrNO5. The Morgan fingerprint density at radius 1 is 0.914 bits per heavy atom. The largest absolute Gasteiger partial charge is 0.507 e. The topological polar surface area (TPSA) is 76.1 Å². The Labute approximate surface area is 212 Å². The van der Waals surface area contributed by atoms with Gasteiger partial charge in [-0.2, -0.15) is 0 Å². The van der Waals surface area contributed by atoms with E-state index < -0.39 is 17.7 Å². The lowest BCUT2D eigenvalue weighted by atomic mass is 9.94.